The van der Waals surface area contributed by atoms with Gasteiger partial charge in [0.25, 0.3) is 0 Å². The molecule has 2 aliphatic rings. The number of nitrogens with zero attached hydrogens (tertiary/aromatic N) is 1. The maximum absolute atomic E-state index is 11.8. The number of carbonyl (C=O) groups excluding carboxylic acids is 1. The van der Waals surface area contributed by atoms with Crippen LogP contribution in [0.4, 0.5) is 0 Å². The van der Waals surface area contributed by atoms with Gasteiger partial charge in [0.1, 0.15) is 5.78 Å². The summed E-state index contributed by atoms with van der Waals surface area (Å²) in [4.78, 5) is 17.2. The van der Waals surface area contributed by atoms with E-state index >= 15 is 0 Å². The molecule has 0 spiro atoms. The number of Topliss-reactive ketones (excluding diaryl/α,β-unsaturated/α-hetero) is 1. The molecule has 3 heterocycles. The van der Waals surface area contributed by atoms with Crippen molar-refractivity contribution >= 4 is 17.1 Å². The maximum Gasteiger partial charge on any atom is 0.136 e. The smallest absolute Gasteiger partial charge is 0.136 e. The number of carbonyl (C=O) groups is 1. The van der Waals surface area contributed by atoms with Gasteiger partial charge in [-0.15, -0.1) is 11.3 Å². The first kappa shape index (κ1) is 12.4. The minimum Gasteiger partial charge on any atom is -0.300 e. The topological polar surface area (TPSA) is 20.3 Å². The van der Waals surface area contributed by atoms with Gasteiger partial charge in [0.15, 0.2) is 0 Å². The van der Waals surface area contributed by atoms with E-state index in [0.717, 1.165) is 12.8 Å². The van der Waals surface area contributed by atoms with Gasteiger partial charge in [0.05, 0.1) is 0 Å². The number of piperidine rings is 2. The third-order valence-corrected chi connectivity index (χ3v) is 5.64. The van der Waals surface area contributed by atoms with Crippen LogP contribution in [0.5, 0.6) is 0 Å². The van der Waals surface area contributed by atoms with Gasteiger partial charge in [0, 0.05) is 40.7 Å². The zero-order valence-corrected chi connectivity index (χ0v) is 12.0. The van der Waals surface area contributed by atoms with Crippen LogP contribution >= 0.6 is 11.3 Å². The third-order valence-electron chi connectivity index (χ3n) is 4.46. The molecule has 0 radical (unpaired) electrons. The van der Waals surface area contributed by atoms with E-state index < -0.39 is 0 Å². The van der Waals surface area contributed by atoms with Crippen LogP contribution in [0, 0.1) is 6.92 Å². The predicted octanol–water partition coefficient (Wildman–Crippen LogP) is 3.70. The van der Waals surface area contributed by atoms with Crippen molar-refractivity contribution in [3.05, 3.63) is 21.9 Å². The molecule has 3 atom stereocenters. The lowest BCUT2D eigenvalue weighted by molar-refractivity contribution is -0.128. The molecule has 3 heteroatoms. The molecular formula is C15H21NOS. The minimum atomic E-state index is 0.479. The first-order chi connectivity index (χ1) is 8.65. The molecule has 2 fully saturated rings. The average molecular weight is 263 g/mol. The van der Waals surface area contributed by atoms with Crippen molar-refractivity contribution in [1.29, 1.82) is 0 Å². The minimum absolute atomic E-state index is 0.479. The molecule has 2 nitrogen and oxygen atoms in total. The molecule has 2 bridgehead atoms. The Morgan fingerprint density at radius 3 is 2.50 bits per heavy atom. The maximum atomic E-state index is 11.8. The second-order valence-corrected chi connectivity index (χ2v) is 7.08. The van der Waals surface area contributed by atoms with Gasteiger partial charge < -0.3 is 0 Å². The van der Waals surface area contributed by atoms with E-state index in [9.17, 15) is 4.79 Å². The van der Waals surface area contributed by atoms with Gasteiger partial charge in [-0.3, -0.25) is 9.69 Å². The highest BCUT2D eigenvalue weighted by Crippen LogP contribution is 2.40. The van der Waals surface area contributed by atoms with Crippen molar-refractivity contribution in [2.45, 2.75) is 64.1 Å². The van der Waals surface area contributed by atoms with Gasteiger partial charge in [-0.25, -0.2) is 0 Å². The Morgan fingerprint density at radius 2 is 1.94 bits per heavy atom. The van der Waals surface area contributed by atoms with Crippen LogP contribution in [0.1, 0.15) is 54.8 Å². The summed E-state index contributed by atoms with van der Waals surface area (Å²) >= 11 is 1.90. The average Bonchev–Trinajstić information content (AvgIpc) is 2.74. The van der Waals surface area contributed by atoms with Crippen LogP contribution < -0.4 is 0 Å². The molecule has 1 aromatic heterocycles. The zero-order chi connectivity index (χ0) is 12.7. The zero-order valence-electron chi connectivity index (χ0n) is 11.2. The molecule has 98 valence electrons. The fraction of sp³-hybridized carbons (Fsp3) is 0.667. The number of hydrogen-bond donors (Lipinski definition) is 0. The molecule has 2 saturated heterocycles. The second-order valence-electron chi connectivity index (χ2n) is 5.76. The fourth-order valence-electron chi connectivity index (χ4n) is 3.67. The number of ketones is 1. The first-order valence-corrected chi connectivity index (χ1v) is 7.82. The number of aryl methyl sites for hydroxylation is 1. The summed E-state index contributed by atoms with van der Waals surface area (Å²) in [6, 6.07) is 5.95. The molecular weight excluding hydrogens is 242 g/mol. The lowest BCUT2D eigenvalue weighted by Crippen LogP contribution is -2.52. The van der Waals surface area contributed by atoms with Crippen LogP contribution in [0.15, 0.2) is 12.1 Å². The van der Waals surface area contributed by atoms with Crippen LogP contribution in [-0.4, -0.2) is 22.8 Å². The normalized spacial score (nSPS) is 30.4. The van der Waals surface area contributed by atoms with Crippen LogP contribution in [0.2, 0.25) is 0 Å². The van der Waals surface area contributed by atoms with E-state index in [1.54, 1.807) is 0 Å². The van der Waals surface area contributed by atoms with Gasteiger partial charge in [0.2, 0.25) is 0 Å². The Morgan fingerprint density at radius 1 is 1.28 bits per heavy atom. The molecule has 0 amide bonds. The molecule has 18 heavy (non-hydrogen) atoms. The molecule has 2 aliphatic heterocycles. The lowest BCUT2D eigenvalue weighted by atomic mass is 9.82. The Balaban J connectivity index is 1.84. The predicted molar refractivity (Wildman–Crippen MR) is 75.0 cm³/mol. The molecule has 1 aromatic rings. The van der Waals surface area contributed by atoms with E-state index in [1.165, 1.54) is 29.0 Å². The summed E-state index contributed by atoms with van der Waals surface area (Å²) < 4.78 is 0. The highest BCUT2D eigenvalue weighted by Gasteiger charge is 2.40. The summed E-state index contributed by atoms with van der Waals surface area (Å²) in [5, 5.41) is 0. The van der Waals surface area contributed by atoms with Crippen molar-refractivity contribution in [3.63, 3.8) is 0 Å². The highest BCUT2D eigenvalue weighted by atomic mass is 32.1. The van der Waals surface area contributed by atoms with Gasteiger partial charge in [-0.05, 0) is 38.8 Å². The standard InChI is InChI=1S/C15H21NOS/c1-10-6-7-15(18-10)11(2)16-12-4-3-5-13(16)9-14(17)8-12/h6-7,11-13H,3-5,8-9H2,1-2H3. The van der Waals surface area contributed by atoms with Crippen LogP contribution in [0.3, 0.4) is 0 Å². The second kappa shape index (κ2) is 4.78. The van der Waals surface area contributed by atoms with E-state index in [2.05, 4.69) is 30.9 Å². The van der Waals surface area contributed by atoms with Crippen LogP contribution in [-0.2, 0) is 4.79 Å². The molecule has 0 N–H and O–H groups in total. The summed E-state index contributed by atoms with van der Waals surface area (Å²) in [6.07, 6.45) is 5.28. The van der Waals surface area contributed by atoms with Crippen molar-refractivity contribution < 1.29 is 4.79 Å². The highest BCUT2D eigenvalue weighted by molar-refractivity contribution is 7.12. The van der Waals surface area contributed by atoms with Gasteiger partial charge in [-0.2, -0.15) is 0 Å². The number of rotatable bonds is 2. The summed E-state index contributed by atoms with van der Waals surface area (Å²) in [5.41, 5.74) is 0. The summed E-state index contributed by atoms with van der Waals surface area (Å²) in [6.45, 7) is 4.48. The summed E-state index contributed by atoms with van der Waals surface area (Å²) in [7, 11) is 0. The Bertz CT molecular complexity index is 437. The van der Waals surface area contributed by atoms with E-state index in [1.807, 2.05) is 11.3 Å². The SMILES string of the molecule is Cc1ccc(C(C)N2C3CCCC2CC(=O)C3)s1. The number of thiophene rings is 1. The van der Waals surface area contributed by atoms with Crippen molar-refractivity contribution in [2.24, 2.45) is 0 Å². The Kier molecular flexibility index (Phi) is 3.29. The Hall–Kier alpha value is -0.670. The van der Waals surface area contributed by atoms with Crippen LogP contribution in [0.25, 0.3) is 0 Å². The first-order valence-electron chi connectivity index (χ1n) is 7.00. The molecule has 3 unspecified atom stereocenters. The van der Waals surface area contributed by atoms with Gasteiger partial charge >= 0.3 is 0 Å². The summed E-state index contributed by atoms with van der Waals surface area (Å²) in [5.74, 6) is 0.482. The van der Waals surface area contributed by atoms with Gasteiger partial charge in [-0.1, -0.05) is 6.42 Å². The largest absolute Gasteiger partial charge is 0.300 e. The monoisotopic (exact) mass is 263 g/mol. The molecule has 3 rings (SSSR count). The fourth-order valence-corrected chi connectivity index (χ4v) is 4.60. The lowest BCUT2D eigenvalue weighted by Gasteiger charge is -2.48. The van der Waals surface area contributed by atoms with E-state index in [4.69, 9.17) is 0 Å². The van der Waals surface area contributed by atoms with Crippen molar-refractivity contribution in [2.75, 3.05) is 0 Å². The molecule has 0 aromatic carbocycles. The molecule has 0 saturated carbocycles. The van der Waals surface area contributed by atoms with Crippen molar-refractivity contribution in [3.8, 4) is 0 Å². The van der Waals surface area contributed by atoms with E-state index in [0.29, 0.717) is 23.9 Å². The Labute approximate surface area is 113 Å². The number of hydrogen-bond acceptors (Lipinski definition) is 3. The van der Waals surface area contributed by atoms with E-state index in [-0.39, 0.29) is 0 Å². The molecule has 0 aliphatic carbocycles. The third kappa shape index (κ3) is 2.14. The quantitative estimate of drug-likeness (QED) is 0.811. The van der Waals surface area contributed by atoms with Crippen molar-refractivity contribution in [1.82, 2.24) is 4.90 Å². The number of fused-ring (bicyclic) bond motifs is 2.